The third-order valence-corrected chi connectivity index (χ3v) is 2.26. The Labute approximate surface area is 92.6 Å². The zero-order valence-electron chi connectivity index (χ0n) is 9.99. The first-order chi connectivity index (χ1) is 7.02. The summed E-state index contributed by atoms with van der Waals surface area (Å²) < 4.78 is 0. The van der Waals surface area contributed by atoms with Crippen LogP contribution in [0.3, 0.4) is 0 Å². The van der Waals surface area contributed by atoms with Gasteiger partial charge in [-0.2, -0.15) is 0 Å². The predicted octanol–water partition coefficient (Wildman–Crippen LogP) is 2.43. The lowest BCUT2D eigenvalue weighted by Crippen LogP contribution is -2.26. The molecule has 0 heterocycles. The van der Waals surface area contributed by atoms with Crippen molar-refractivity contribution in [1.82, 2.24) is 5.32 Å². The molecular formula is C12H23NO2. The molecule has 15 heavy (non-hydrogen) atoms. The van der Waals surface area contributed by atoms with Gasteiger partial charge in [-0.05, 0) is 19.3 Å². The van der Waals surface area contributed by atoms with Gasteiger partial charge in [0, 0.05) is 18.7 Å². The summed E-state index contributed by atoms with van der Waals surface area (Å²) in [6.07, 6.45) is 6.46. The summed E-state index contributed by atoms with van der Waals surface area (Å²) in [4.78, 5) is 10.2. The average Bonchev–Trinajstić information content (AvgIpc) is 2.11. The van der Waals surface area contributed by atoms with Crippen LogP contribution in [0.4, 0.5) is 0 Å². The zero-order chi connectivity index (χ0) is 11.7. The largest absolute Gasteiger partial charge is 0.478 e. The molecule has 0 amide bonds. The summed E-state index contributed by atoms with van der Waals surface area (Å²) in [6.45, 7) is 7.23. The van der Waals surface area contributed by atoms with Gasteiger partial charge in [0.05, 0.1) is 0 Å². The first kappa shape index (κ1) is 14.2. The highest BCUT2D eigenvalue weighted by atomic mass is 16.4. The molecule has 0 radical (unpaired) electrons. The lowest BCUT2D eigenvalue weighted by Gasteiger charge is -2.12. The normalized spacial score (nSPS) is 13.6. The molecule has 3 heteroatoms. The van der Waals surface area contributed by atoms with Gasteiger partial charge >= 0.3 is 5.97 Å². The van der Waals surface area contributed by atoms with Crippen LogP contribution in [0.2, 0.25) is 0 Å². The molecule has 0 aromatic rings. The SMILES string of the molecule is CC(C)CCCC(C)NC/C=C/C(=O)O. The fourth-order valence-corrected chi connectivity index (χ4v) is 1.36. The molecule has 0 aliphatic heterocycles. The Balaban J connectivity index is 3.41. The number of nitrogens with one attached hydrogen (secondary N) is 1. The molecule has 0 aliphatic carbocycles. The van der Waals surface area contributed by atoms with E-state index in [4.69, 9.17) is 5.11 Å². The quantitative estimate of drug-likeness (QED) is 0.609. The summed E-state index contributed by atoms with van der Waals surface area (Å²) in [6, 6.07) is 0.460. The number of carboxylic acid groups (broad SMARTS) is 1. The highest BCUT2D eigenvalue weighted by Crippen LogP contribution is 2.07. The molecule has 0 aliphatic rings. The lowest BCUT2D eigenvalue weighted by atomic mass is 10.0. The average molecular weight is 213 g/mol. The summed E-state index contributed by atoms with van der Waals surface area (Å²) in [5.41, 5.74) is 0. The van der Waals surface area contributed by atoms with Gasteiger partial charge in [-0.1, -0.05) is 32.8 Å². The van der Waals surface area contributed by atoms with Crippen LogP contribution in [0.15, 0.2) is 12.2 Å². The van der Waals surface area contributed by atoms with Crippen molar-refractivity contribution in [2.45, 2.75) is 46.1 Å². The van der Waals surface area contributed by atoms with Gasteiger partial charge in [0.25, 0.3) is 0 Å². The molecular weight excluding hydrogens is 190 g/mol. The van der Waals surface area contributed by atoms with Gasteiger partial charge in [-0.15, -0.1) is 0 Å². The van der Waals surface area contributed by atoms with Crippen LogP contribution in [0.1, 0.15) is 40.0 Å². The van der Waals surface area contributed by atoms with Gasteiger partial charge in [0.1, 0.15) is 0 Å². The van der Waals surface area contributed by atoms with E-state index in [2.05, 4.69) is 26.1 Å². The Hall–Kier alpha value is -0.830. The van der Waals surface area contributed by atoms with E-state index in [0.29, 0.717) is 12.6 Å². The second kappa shape index (κ2) is 8.48. The summed E-state index contributed by atoms with van der Waals surface area (Å²) >= 11 is 0. The van der Waals surface area contributed by atoms with Gasteiger partial charge in [0.15, 0.2) is 0 Å². The number of carbonyl (C=O) groups is 1. The molecule has 0 fully saturated rings. The van der Waals surface area contributed by atoms with Crippen molar-refractivity contribution < 1.29 is 9.90 Å². The van der Waals surface area contributed by atoms with Gasteiger partial charge < -0.3 is 10.4 Å². The molecule has 1 atom stereocenters. The third kappa shape index (κ3) is 11.1. The Morgan fingerprint density at radius 1 is 1.33 bits per heavy atom. The van der Waals surface area contributed by atoms with E-state index in [9.17, 15) is 4.79 Å². The Kier molecular flexibility index (Phi) is 8.01. The topological polar surface area (TPSA) is 49.3 Å². The number of hydrogen-bond donors (Lipinski definition) is 2. The lowest BCUT2D eigenvalue weighted by molar-refractivity contribution is -0.131. The Morgan fingerprint density at radius 2 is 2.00 bits per heavy atom. The Morgan fingerprint density at radius 3 is 2.53 bits per heavy atom. The second-order valence-corrected chi connectivity index (χ2v) is 4.37. The minimum Gasteiger partial charge on any atom is -0.478 e. The van der Waals surface area contributed by atoms with Gasteiger partial charge in [-0.25, -0.2) is 4.79 Å². The van der Waals surface area contributed by atoms with Crippen LogP contribution in [-0.4, -0.2) is 23.7 Å². The monoisotopic (exact) mass is 213 g/mol. The summed E-state index contributed by atoms with van der Waals surface area (Å²) in [5, 5.41) is 11.6. The van der Waals surface area contributed by atoms with Crippen LogP contribution < -0.4 is 5.32 Å². The first-order valence-corrected chi connectivity index (χ1v) is 5.65. The van der Waals surface area contributed by atoms with Gasteiger partial charge in [0.2, 0.25) is 0 Å². The smallest absolute Gasteiger partial charge is 0.328 e. The van der Waals surface area contributed by atoms with Crippen molar-refractivity contribution in [3.05, 3.63) is 12.2 Å². The van der Waals surface area contributed by atoms with Crippen LogP contribution in [-0.2, 0) is 4.79 Å². The van der Waals surface area contributed by atoms with E-state index in [1.165, 1.54) is 18.9 Å². The second-order valence-electron chi connectivity index (χ2n) is 4.37. The number of carboxylic acids is 1. The zero-order valence-corrected chi connectivity index (χ0v) is 9.99. The molecule has 0 aromatic heterocycles. The highest BCUT2D eigenvalue weighted by molar-refractivity contribution is 5.79. The van der Waals surface area contributed by atoms with E-state index in [0.717, 1.165) is 12.3 Å². The van der Waals surface area contributed by atoms with E-state index in [-0.39, 0.29) is 0 Å². The number of rotatable bonds is 8. The number of aliphatic carboxylic acids is 1. The van der Waals surface area contributed by atoms with E-state index in [1.54, 1.807) is 6.08 Å². The van der Waals surface area contributed by atoms with E-state index >= 15 is 0 Å². The van der Waals surface area contributed by atoms with Crippen molar-refractivity contribution in [3.63, 3.8) is 0 Å². The third-order valence-electron chi connectivity index (χ3n) is 2.26. The maximum atomic E-state index is 10.2. The Bertz CT molecular complexity index is 200. The van der Waals surface area contributed by atoms with E-state index in [1.807, 2.05) is 0 Å². The molecule has 0 saturated heterocycles. The molecule has 88 valence electrons. The highest BCUT2D eigenvalue weighted by Gasteiger charge is 2.00. The van der Waals surface area contributed by atoms with Crippen molar-refractivity contribution in [1.29, 1.82) is 0 Å². The molecule has 0 saturated carbocycles. The molecule has 1 unspecified atom stereocenters. The van der Waals surface area contributed by atoms with E-state index < -0.39 is 5.97 Å². The fraction of sp³-hybridized carbons (Fsp3) is 0.750. The van der Waals surface area contributed by atoms with Gasteiger partial charge in [-0.3, -0.25) is 0 Å². The van der Waals surface area contributed by atoms with Crippen molar-refractivity contribution in [2.75, 3.05) is 6.54 Å². The molecule has 0 aromatic carbocycles. The minimum absolute atomic E-state index is 0.460. The number of hydrogen-bond acceptors (Lipinski definition) is 2. The molecule has 0 bridgehead atoms. The molecule has 3 nitrogen and oxygen atoms in total. The maximum absolute atomic E-state index is 10.2. The van der Waals surface area contributed by atoms with Crippen LogP contribution >= 0.6 is 0 Å². The minimum atomic E-state index is -0.885. The van der Waals surface area contributed by atoms with Crippen LogP contribution in [0.25, 0.3) is 0 Å². The first-order valence-electron chi connectivity index (χ1n) is 5.65. The summed E-state index contributed by atoms with van der Waals surface area (Å²) in [7, 11) is 0. The fourth-order valence-electron chi connectivity index (χ4n) is 1.36. The molecule has 0 rings (SSSR count). The van der Waals surface area contributed by atoms with Crippen molar-refractivity contribution in [2.24, 2.45) is 5.92 Å². The molecule has 0 spiro atoms. The van der Waals surface area contributed by atoms with Crippen LogP contribution in [0.5, 0.6) is 0 Å². The maximum Gasteiger partial charge on any atom is 0.328 e. The standard InChI is InChI=1S/C12H23NO2/c1-10(2)6-4-7-11(3)13-9-5-8-12(14)15/h5,8,10-11,13H,4,6-7,9H2,1-3H3,(H,14,15)/b8-5+. The van der Waals surface area contributed by atoms with Crippen molar-refractivity contribution >= 4 is 5.97 Å². The predicted molar refractivity (Wildman–Crippen MR) is 62.9 cm³/mol. The molecule has 2 N–H and O–H groups in total. The van der Waals surface area contributed by atoms with Crippen molar-refractivity contribution in [3.8, 4) is 0 Å². The summed E-state index contributed by atoms with van der Waals surface area (Å²) in [5.74, 6) is -0.117. The van der Waals surface area contributed by atoms with Crippen LogP contribution in [0, 0.1) is 5.92 Å².